The molecule has 0 saturated heterocycles. The summed E-state index contributed by atoms with van der Waals surface area (Å²) < 4.78 is 33.8. The molecule has 0 aromatic rings. The van der Waals surface area contributed by atoms with E-state index in [1.165, 1.54) is 83.5 Å². The van der Waals surface area contributed by atoms with Gasteiger partial charge in [-0.25, -0.2) is 0 Å². The number of ether oxygens (including phenoxy) is 2. The summed E-state index contributed by atoms with van der Waals surface area (Å²) in [6, 6.07) is 0. The number of rotatable bonds is 37. The number of hydrogen-bond donors (Lipinski definition) is 0. The molecule has 0 aliphatic heterocycles. The molecule has 0 rings (SSSR count). The van der Waals surface area contributed by atoms with E-state index in [4.69, 9.17) is 18.5 Å². The highest BCUT2D eigenvalue weighted by atomic mass is 31.2. The molecule has 0 N–H and O–H groups in total. The molecule has 2 atom stereocenters. The van der Waals surface area contributed by atoms with Gasteiger partial charge in [-0.05, 0) is 44.9 Å². The van der Waals surface area contributed by atoms with Crippen LogP contribution in [0.5, 0.6) is 0 Å². The highest BCUT2D eigenvalue weighted by Gasteiger charge is 2.21. The minimum absolute atomic E-state index is 0.0322. The molecule has 9 nitrogen and oxygen atoms in total. The molecule has 0 spiro atoms. The summed E-state index contributed by atoms with van der Waals surface area (Å²) in [5.41, 5.74) is 0. The van der Waals surface area contributed by atoms with Gasteiger partial charge in [-0.15, -0.1) is 0 Å². The number of unbranched alkanes of at least 4 members (excludes halogenated alkanes) is 19. The fourth-order valence-corrected chi connectivity index (χ4v) is 6.18. The zero-order valence-corrected chi connectivity index (χ0v) is 34.4. The Balaban J connectivity index is 4.42. The minimum Gasteiger partial charge on any atom is -0.756 e. The Morgan fingerprint density at radius 1 is 0.608 bits per heavy atom. The summed E-state index contributed by atoms with van der Waals surface area (Å²) in [4.78, 5) is 37.4. The highest BCUT2D eigenvalue weighted by molar-refractivity contribution is 7.45. The molecule has 0 aromatic carbocycles. The second-order valence-corrected chi connectivity index (χ2v) is 16.4. The van der Waals surface area contributed by atoms with Crippen LogP contribution in [0.25, 0.3) is 0 Å². The first-order valence-corrected chi connectivity index (χ1v) is 22.0. The number of carbonyl (C=O) groups excluding carboxylic acids is 2. The van der Waals surface area contributed by atoms with Gasteiger partial charge in [0, 0.05) is 12.8 Å². The molecular weight excluding hydrogens is 665 g/mol. The zero-order chi connectivity index (χ0) is 37.9. The number of phosphoric ester groups is 1. The lowest BCUT2D eigenvalue weighted by Crippen LogP contribution is -2.37. The number of carbonyl (C=O) groups is 2. The van der Waals surface area contributed by atoms with E-state index in [9.17, 15) is 19.0 Å². The van der Waals surface area contributed by atoms with Crippen molar-refractivity contribution in [1.82, 2.24) is 0 Å². The maximum Gasteiger partial charge on any atom is 0.306 e. The maximum absolute atomic E-state index is 12.6. The molecule has 0 aliphatic rings. The molecule has 0 aliphatic carbocycles. The summed E-state index contributed by atoms with van der Waals surface area (Å²) in [6.45, 7) is 4.18. The molecule has 0 fully saturated rings. The van der Waals surface area contributed by atoms with E-state index in [-0.39, 0.29) is 32.0 Å². The van der Waals surface area contributed by atoms with Crippen molar-refractivity contribution in [1.29, 1.82) is 0 Å². The quantitative estimate of drug-likeness (QED) is 0.0203. The van der Waals surface area contributed by atoms with Gasteiger partial charge >= 0.3 is 11.9 Å². The Bertz CT molecular complexity index is 933. The van der Waals surface area contributed by atoms with Gasteiger partial charge in [-0.1, -0.05) is 141 Å². The van der Waals surface area contributed by atoms with Crippen LogP contribution in [0.3, 0.4) is 0 Å². The highest BCUT2D eigenvalue weighted by Crippen LogP contribution is 2.38. The van der Waals surface area contributed by atoms with Crippen molar-refractivity contribution in [3.63, 3.8) is 0 Å². The van der Waals surface area contributed by atoms with Crippen LogP contribution in [-0.2, 0) is 32.7 Å². The molecule has 2 unspecified atom stereocenters. The largest absolute Gasteiger partial charge is 0.756 e. The van der Waals surface area contributed by atoms with Crippen LogP contribution in [-0.4, -0.2) is 70.0 Å². The van der Waals surface area contributed by atoms with Gasteiger partial charge in [0.05, 0.1) is 27.7 Å². The van der Waals surface area contributed by atoms with E-state index in [0.717, 1.165) is 57.8 Å². The Morgan fingerprint density at radius 3 is 1.57 bits per heavy atom. The summed E-state index contributed by atoms with van der Waals surface area (Å²) >= 11 is 0. The van der Waals surface area contributed by atoms with Crippen LogP contribution in [0.1, 0.15) is 174 Å². The van der Waals surface area contributed by atoms with Crippen molar-refractivity contribution >= 4 is 19.8 Å². The molecule has 0 bridgehead atoms. The SMILES string of the molecule is CCCCCC/C=C\C/C=C\CCCCCCCC(=O)OC(COC(=O)CCCCCCCCCCCCC)COP(=O)([O-])OCC[N+](C)(C)C. The third-order valence-electron chi connectivity index (χ3n) is 8.72. The lowest BCUT2D eigenvalue weighted by Gasteiger charge is -2.28. The number of likely N-dealkylation sites (N-methyl/N-ethyl adjacent to an activating group) is 1. The van der Waals surface area contributed by atoms with Crippen LogP contribution >= 0.6 is 7.82 Å². The van der Waals surface area contributed by atoms with Gasteiger partial charge in [0.2, 0.25) is 0 Å². The summed E-state index contributed by atoms with van der Waals surface area (Å²) in [6.07, 6.45) is 34.8. The van der Waals surface area contributed by atoms with Gasteiger partial charge in [0.1, 0.15) is 19.8 Å². The third-order valence-corrected chi connectivity index (χ3v) is 9.69. The second-order valence-electron chi connectivity index (χ2n) is 15.0. The van der Waals surface area contributed by atoms with Crippen molar-refractivity contribution in [3.8, 4) is 0 Å². The fraction of sp³-hybridized carbons (Fsp3) is 0.854. The lowest BCUT2D eigenvalue weighted by atomic mass is 10.1. The molecule has 0 saturated carbocycles. The normalized spacial score (nSPS) is 13.9. The average Bonchev–Trinajstić information content (AvgIpc) is 3.07. The fourth-order valence-electron chi connectivity index (χ4n) is 5.45. The Kier molecular flexibility index (Phi) is 33.3. The molecule has 300 valence electrons. The molecule has 10 heteroatoms. The predicted octanol–water partition coefficient (Wildman–Crippen LogP) is 10.6. The lowest BCUT2D eigenvalue weighted by molar-refractivity contribution is -0.870. The van der Waals surface area contributed by atoms with E-state index in [2.05, 4.69) is 38.2 Å². The summed E-state index contributed by atoms with van der Waals surface area (Å²) in [5, 5.41) is 0. The van der Waals surface area contributed by atoms with Gasteiger partial charge < -0.3 is 27.9 Å². The molecule has 0 amide bonds. The molecular formula is C41H78NO8P. The van der Waals surface area contributed by atoms with E-state index < -0.39 is 26.5 Å². The Morgan fingerprint density at radius 2 is 1.06 bits per heavy atom. The topological polar surface area (TPSA) is 111 Å². The van der Waals surface area contributed by atoms with Gasteiger partial charge in [-0.3, -0.25) is 14.2 Å². The van der Waals surface area contributed by atoms with Crippen molar-refractivity contribution < 1.29 is 42.1 Å². The first kappa shape index (κ1) is 49.5. The minimum atomic E-state index is -4.62. The first-order valence-electron chi connectivity index (χ1n) is 20.5. The second kappa shape index (κ2) is 34.3. The summed E-state index contributed by atoms with van der Waals surface area (Å²) in [5.74, 6) is -0.848. The van der Waals surface area contributed by atoms with Crippen LogP contribution in [0.2, 0.25) is 0 Å². The maximum atomic E-state index is 12.6. The van der Waals surface area contributed by atoms with Gasteiger partial charge in [-0.2, -0.15) is 0 Å². The standard InChI is InChI=1S/C41H78NO8P/c1-6-8-10-12-14-16-18-19-20-21-22-24-26-28-30-32-34-41(44)50-39(38-49-51(45,46)48-36-35-42(3,4)5)37-47-40(43)33-31-29-27-25-23-17-15-13-11-9-7-2/h16,18,20-21,39H,6-15,17,19,22-38H2,1-5H3/b18-16-,21-20-. The monoisotopic (exact) mass is 744 g/mol. The predicted molar refractivity (Wildman–Crippen MR) is 208 cm³/mol. The van der Waals surface area contributed by atoms with Crippen LogP contribution < -0.4 is 4.89 Å². The van der Waals surface area contributed by atoms with Crippen molar-refractivity contribution in [2.24, 2.45) is 0 Å². The van der Waals surface area contributed by atoms with E-state index >= 15 is 0 Å². The number of nitrogens with zero attached hydrogens (tertiary/aromatic N) is 1. The van der Waals surface area contributed by atoms with Crippen LogP contribution in [0, 0.1) is 0 Å². The van der Waals surface area contributed by atoms with Crippen molar-refractivity contribution in [3.05, 3.63) is 24.3 Å². The van der Waals surface area contributed by atoms with Crippen LogP contribution in [0.4, 0.5) is 0 Å². The molecule has 0 heterocycles. The van der Waals surface area contributed by atoms with Gasteiger partial charge in [0.25, 0.3) is 7.82 Å². The van der Waals surface area contributed by atoms with E-state index in [0.29, 0.717) is 17.4 Å². The smallest absolute Gasteiger partial charge is 0.306 e. The Labute approximate surface area is 313 Å². The third kappa shape index (κ3) is 38.0. The number of quaternary nitrogens is 1. The zero-order valence-electron chi connectivity index (χ0n) is 33.6. The average molecular weight is 744 g/mol. The Hall–Kier alpha value is -1.51. The van der Waals surface area contributed by atoms with E-state index in [1.807, 2.05) is 21.1 Å². The van der Waals surface area contributed by atoms with Gasteiger partial charge in [0.15, 0.2) is 6.10 Å². The van der Waals surface area contributed by atoms with Crippen molar-refractivity contribution in [2.45, 2.75) is 180 Å². The molecule has 51 heavy (non-hydrogen) atoms. The molecule has 0 radical (unpaired) electrons. The first-order chi connectivity index (χ1) is 24.5. The number of allylic oxidation sites excluding steroid dienone is 4. The number of phosphoric acid groups is 1. The molecule has 0 aromatic heterocycles. The summed E-state index contributed by atoms with van der Waals surface area (Å²) in [7, 11) is 1.16. The number of hydrogen-bond acceptors (Lipinski definition) is 8. The van der Waals surface area contributed by atoms with E-state index in [1.54, 1.807) is 0 Å². The van der Waals surface area contributed by atoms with Crippen LogP contribution in [0.15, 0.2) is 24.3 Å². The number of esters is 2. The van der Waals surface area contributed by atoms with Crippen molar-refractivity contribution in [2.75, 3.05) is 47.5 Å².